The van der Waals surface area contributed by atoms with Gasteiger partial charge in [-0.2, -0.15) is 0 Å². The lowest BCUT2D eigenvalue weighted by Crippen LogP contribution is -2.47. The van der Waals surface area contributed by atoms with E-state index in [0.29, 0.717) is 18.4 Å². The van der Waals surface area contributed by atoms with Crippen molar-refractivity contribution in [2.24, 2.45) is 11.8 Å². The van der Waals surface area contributed by atoms with Crippen LogP contribution in [0.3, 0.4) is 0 Å². The van der Waals surface area contributed by atoms with Gasteiger partial charge in [-0.05, 0) is 56.3 Å². The normalized spacial score (nSPS) is 28.6. The molecule has 0 radical (unpaired) electrons. The van der Waals surface area contributed by atoms with Crippen molar-refractivity contribution in [1.29, 1.82) is 0 Å². The molecule has 2 saturated heterocycles. The van der Waals surface area contributed by atoms with Crippen LogP contribution in [0.15, 0.2) is 18.2 Å². The molecule has 3 atom stereocenters. The fourth-order valence-corrected chi connectivity index (χ4v) is 4.14. The van der Waals surface area contributed by atoms with E-state index in [0.717, 1.165) is 32.5 Å². The maximum Gasteiger partial charge on any atom is 0.129 e. The number of hydrogen-bond donors (Lipinski definition) is 2. The summed E-state index contributed by atoms with van der Waals surface area (Å²) in [6.07, 6.45) is 3.48. The molecule has 1 aromatic carbocycles. The first kappa shape index (κ1) is 17.8. The molecular formula is C19H29F2N3. The van der Waals surface area contributed by atoms with Gasteiger partial charge in [-0.1, -0.05) is 19.9 Å². The van der Waals surface area contributed by atoms with Gasteiger partial charge in [0.25, 0.3) is 0 Å². The molecule has 134 valence electrons. The topological polar surface area (TPSA) is 27.3 Å². The summed E-state index contributed by atoms with van der Waals surface area (Å²) in [7, 11) is 0. The fraction of sp³-hybridized carbons (Fsp3) is 0.684. The van der Waals surface area contributed by atoms with Crippen LogP contribution in [0, 0.1) is 23.5 Å². The molecular weight excluding hydrogens is 308 g/mol. The molecule has 0 aliphatic carbocycles. The summed E-state index contributed by atoms with van der Waals surface area (Å²) in [5, 5.41) is 0. The van der Waals surface area contributed by atoms with E-state index in [4.69, 9.17) is 0 Å². The summed E-state index contributed by atoms with van der Waals surface area (Å²) in [5.41, 5.74) is 6.68. The lowest BCUT2D eigenvalue weighted by Gasteiger charge is -2.37. The average molecular weight is 337 g/mol. The summed E-state index contributed by atoms with van der Waals surface area (Å²) >= 11 is 0. The average Bonchev–Trinajstić information content (AvgIpc) is 3.02. The van der Waals surface area contributed by atoms with Gasteiger partial charge in [-0.3, -0.25) is 10.9 Å². The minimum atomic E-state index is -0.428. The minimum absolute atomic E-state index is 0.0817. The molecule has 0 aromatic heterocycles. The summed E-state index contributed by atoms with van der Waals surface area (Å²) in [5.74, 6) is 0.119. The zero-order valence-electron chi connectivity index (χ0n) is 14.7. The fourth-order valence-electron chi connectivity index (χ4n) is 4.14. The first-order chi connectivity index (χ1) is 11.6. The third-order valence-corrected chi connectivity index (χ3v) is 5.47. The van der Waals surface area contributed by atoms with Crippen LogP contribution >= 0.6 is 0 Å². The smallest absolute Gasteiger partial charge is 0.129 e. The Balaban J connectivity index is 1.71. The van der Waals surface area contributed by atoms with Crippen LogP contribution in [-0.2, 0) is 0 Å². The van der Waals surface area contributed by atoms with E-state index in [1.54, 1.807) is 0 Å². The molecule has 24 heavy (non-hydrogen) atoms. The molecule has 3 rings (SSSR count). The van der Waals surface area contributed by atoms with Crippen molar-refractivity contribution >= 4 is 0 Å². The third kappa shape index (κ3) is 3.95. The molecule has 1 aromatic rings. The van der Waals surface area contributed by atoms with Crippen molar-refractivity contribution in [2.45, 2.75) is 45.1 Å². The lowest BCUT2D eigenvalue weighted by atomic mass is 9.80. The highest BCUT2D eigenvalue weighted by Gasteiger charge is 2.38. The second-order valence-corrected chi connectivity index (χ2v) is 7.68. The summed E-state index contributed by atoms with van der Waals surface area (Å²) in [4.78, 5) is 2.52. The Morgan fingerprint density at radius 2 is 2.00 bits per heavy atom. The van der Waals surface area contributed by atoms with Gasteiger partial charge in [0.1, 0.15) is 11.6 Å². The van der Waals surface area contributed by atoms with Gasteiger partial charge >= 0.3 is 0 Å². The zero-order valence-corrected chi connectivity index (χ0v) is 14.7. The maximum atomic E-state index is 14.2. The van der Waals surface area contributed by atoms with E-state index in [9.17, 15) is 8.78 Å². The van der Waals surface area contributed by atoms with Gasteiger partial charge < -0.3 is 4.90 Å². The second kappa shape index (κ2) is 7.89. The molecule has 0 amide bonds. The molecule has 2 aliphatic rings. The van der Waals surface area contributed by atoms with Gasteiger partial charge in [-0.25, -0.2) is 8.78 Å². The van der Waals surface area contributed by atoms with Crippen LogP contribution in [0.4, 0.5) is 8.78 Å². The van der Waals surface area contributed by atoms with Crippen LogP contribution in [0.25, 0.3) is 0 Å². The Morgan fingerprint density at radius 3 is 2.71 bits per heavy atom. The summed E-state index contributed by atoms with van der Waals surface area (Å²) in [6, 6.07) is 4.25. The Morgan fingerprint density at radius 1 is 1.25 bits per heavy atom. The number of nitrogens with one attached hydrogen (secondary N) is 2. The standard InChI is InChI=1S/C19H29F2N3/c1-13(2)8-10-24-9-4-5-14(12-24)19-15(11-22-23-19)18-16(20)6-3-7-17(18)21/h3,6-7,13-15,19,22-23H,4-5,8-12H2,1-2H3. The predicted octanol–water partition coefficient (Wildman–Crippen LogP) is 3.28. The predicted molar refractivity (Wildman–Crippen MR) is 92.6 cm³/mol. The molecule has 3 unspecified atom stereocenters. The summed E-state index contributed by atoms with van der Waals surface area (Å²) in [6.45, 7) is 8.35. The SMILES string of the molecule is CC(C)CCN1CCCC(C2NNCC2c2c(F)cccc2F)C1. The Hall–Kier alpha value is -1.04. The van der Waals surface area contributed by atoms with E-state index in [2.05, 4.69) is 29.6 Å². The third-order valence-electron chi connectivity index (χ3n) is 5.47. The molecule has 2 N–H and O–H groups in total. The highest BCUT2D eigenvalue weighted by atomic mass is 19.1. The number of hydrazine groups is 1. The van der Waals surface area contributed by atoms with Crippen molar-refractivity contribution in [3.8, 4) is 0 Å². The number of rotatable bonds is 5. The van der Waals surface area contributed by atoms with Gasteiger partial charge in [-0.15, -0.1) is 0 Å². The van der Waals surface area contributed by atoms with Crippen LogP contribution in [0.2, 0.25) is 0 Å². The molecule has 2 aliphatic heterocycles. The quantitative estimate of drug-likeness (QED) is 0.863. The van der Waals surface area contributed by atoms with Crippen molar-refractivity contribution in [3.63, 3.8) is 0 Å². The van der Waals surface area contributed by atoms with Crippen LogP contribution in [0.5, 0.6) is 0 Å². The minimum Gasteiger partial charge on any atom is -0.303 e. The molecule has 5 heteroatoms. The number of hydrogen-bond acceptors (Lipinski definition) is 3. The zero-order chi connectivity index (χ0) is 17.1. The van der Waals surface area contributed by atoms with E-state index in [1.165, 1.54) is 24.6 Å². The highest BCUT2D eigenvalue weighted by Crippen LogP contribution is 2.34. The molecule has 3 nitrogen and oxygen atoms in total. The number of halogens is 2. The largest absolute Gasteiger partial charge is 0.303 e. The van der Waals surface area contributed by atoms with E-state index < -0.39 is 11.6 Å². The van der Waals surface area contributed by atoms with Gasteiger partial charge in [0.2, 0.25) is 0 Å². The van der Waals surface area contributed by atoms with E-state index >= 15 is 0 Å². The molecule has 0 saturated carbocycles. The number of likely N-dealkylation sites (tertiary alicyclic amines) is 1. The molecule has 2 fully saturated rings. The van der Waals surface area contributed by atoms with Crippen LogP contribution in [-0.4, -0.2) is 37.1 Å². The van der Waals surface area contributed by atoms with Crippen molar-refractivity contribution in [2.75, 3.05) is 26.2 Å². The second-order valence-electron chi connectivity index (χ2n) is 7.68. The van der Waals surface area contributed by atoms with Crippen LogP contribution < -0.4 is 10.9 Å². The van der Waals surface area contributed by atoms with Gasteiger partial charge in [0.15, 0.2) is 0 Å². The first-order valence-electron chi connectivity index (χ1n) is 9.21. The van der Waals surface area contributed by atoms with Crippen molar-refractivity contribution in [1.82, 2.24) is 15.8 Å². The first-order valence-corrected chi connectivity index (χ1v) is 9.21. The van der Waals surface area contributed by atoms with Crippen molar-refractivity contribution < 1.29 is 8.78 Å². The Labute approximate surface area is 143 Å². The van der Waals surface area contributed by atoms with Gasteiger partial charge in [0, 0.05) is 30.6 Å². The number of benzene rings is 1. The highest BCUT2D eigenvalue weighted by molar-refractivity contribution is 5.27. The van der Waals surface area contributed by atoms with E-state index in [-0.39, 0.29) is 17.5 Å². The summed E-state index contributed by atoms with van der Waals surface area (Å²) < 4.78 is 28.4. The molecule has 0 spiro atoms. The van der Waals surface area contributed by atoms with Gasteiger partial charge in [0.05, 0.1) is 0 Å². The van der Waals surface area contributed by atoms with Crippen LogP contribution in [0.1, 0.15) is 44.6 Å². The molecule has 2 heterocycles. The maximum absolute atomic E-state index is 14.2. The Kier molecular flexibility index (Phi) is 5.85. The monoisotopic (exact) mass is 337 g/mol. The Bertz CT molecular complexity index is 529. The van der Waals surface area contributed by atoms with E-state index in [1.807, 2.05) is 0 Å². The lowest BCUT2D eigenvalue weighted by molar-refractivity contribution is 0.139. The van der Waals surface area contributed by atoms with Crippen molar-refractivity contribution in [3.05, 3.63) is 35.4 Å². The number of piperidine rings is 1. The number of nitrogens with zero attached hydrogens (tertiary/aromatic N) is 1. The molecule has 0 bridgehead atoms.